The third-order valence-corrected chi connectivity index (χ3v) is 2.94. The predicted octanol–water partition coefficient (Wildman–Crippen LogP) is 2.22. The molecule has 0 unspecified atom stereocenters. The predicted molar refractivity (Wildman–Crippen MR) is 78.9 cm³/mol. The molecule has 0 aliphatic carbocycles. The van der Waals surface area contributed by atoms with Gasteiger partial charge in [-0.1, -0.05) is 12.1 Å². The van der Waals surface area contributed by atoms with Gasteiger partial charge in [0, 0.05) is 18.3 Å². The minimum Gasteiger partial charge on any atom is -0.387 e. The number of amides is 2. The first-order chi connectivity index (χ1) is 10.0. The molecule has 2 rings (SSSR count). The Hall–Kier alpha value is -2.89. The smallest absolute Gasteiger partial charge is 0.257 e. The number of hydrogen-bond acceptors (Lipinski definition) is 3. The molecule has 2 amide bonds. The fourth-order valence-electron chi connectivity index (χ4n) is 1.86. The second-order valence-corrected chi connectivity index (χ2v) is 4.31. The first-order valence-corrected chi connectivity index (χ1v) is 6.20. The normalized spacial score (nSPS) is 10.0. The van der Waals surface area contributed by atoms with Gasteiger partial charge in [-0.25, -0.2) is 4.39 Å². The summed E-state index contributed by atoms with van der Waals surface area (Å²) in [6, 6.07) is 10.4. The molecule has 0 aliphatic heterocycles. The van der Waals surface area contributed by atoms with Crippen molar-refractivity contribution < 1.29 is 14.0 Å². The zero-order valence-electron chi connectivity index (χ0n) is 11.3. The molecule has 0 radical (unpaired) electrons. The van der Waals surface area contributed by atoms with E-state index in [0.717, 1.165) is 6.07 Å². The van der Waals surface area contributed by atoms with Gasteiger partial charge < -0.3 is 16.4 Å². The van der Waals surface area contributed by atoms with Crippen molar-refractivity contribution in [2.24, 2.45) is 5.73 Å². The van der Waals surface area contributed by atoms with E-state index in [4.69, 9.17) is 5.73 Å². The van der Waals surface area contributed by atoms with Crippen LogP contribution in [0.5, 0.6) is 0 Å². The van der Waals surface area contributed by atoms with Gasteiger partial charge in [0.2, 0.25) is 5.91 Å². The summed E-state index contributed by atoms with van der Waals surface area (Å²) in [5.74, 6) is -1.82. The summed E-state index contributed by atoms with van der Waals surface area (Å²) in [5.41, 5.74) is 6.14. The molecule has 0 saturated heterocycles. The molecule has 0 aromatic heterocycles. The van der Waals surface area contributed by atoms with Crippen LogP contribution < -0.4 is 16.4 Å². The van der Waals surface area contributed by atoms with Gasteiger partial charge in [0.1, 0.15) is 5.82 Å². The van der Waals surface area contributed by atoms with E-state index in [1.54, 1.807) is 31.3 Å². The van der Waals surface area contributed by atoms with Gasteiger partial charge >= 0.3 is 0 Å². The zero-order valence-corrected chi connectivity index (χ0v) is 11.3. The quantitative estimate of drug-likeness (QED) is 0.806. The number of rotatable bonds is 4. The van der Waals surface area contributed by atoms with Crippen molar-refractivity contribution in [2.75, 3.05) is 17.7 Å². The van der Waals surface area contributed by atoms with E-state index >= 15 is 0 Å². The highest BCUT2D eigenvalue weighted by Gasteiger charge is 2.14. The fraction of sp³-hybridized carbons (Fsp3) is 0.0667. The van der Waals surface area contributed by atoms with Gasteiger partial charge in [0.15, 0.2) is 0 Å². The molecule has 2 aromatic rings. The van der Waals surface area contributed by atoms with Crippen LogP contribution in [0.25, 0.3) is 0 Å². The molecular weight excluding hydrogens is 273 g/mol. The van der Waals surface area contributed by atoms with Crippen LogP contribution in [0.15, 0.2) is 42.5 Å². The van der Waals surface area contributed by atoms with Crippen LogP contribution in [-0.2, 0) is 0 Å². The Balaban J connectivity index is 2.31. The molecule has 0 fully saturated rings. The van der Waals surface area contributed by atoms with E-state index in [1.165, 1.54) is 12.1 Å². The number of anilines is 2. The first-order valence-electron chi connectivity index (χ1n) is 6.20. The average molecular weight is 287 g/mol. The molecular formula is C15H14FN3O2. The van der Waals surface area contributed by atoms with E-state index in [-0.39, 0.29) is 11.3 Å². The zero-order chi connectivity index (χ0) is 15.4. The van der Waals surface area contributed by atoms with Gasteiger partial charge in [0.25, 0.3) is 5.91 Å². The van der Waals surface area contributed by atoms with Gasteiger partial charge in [-0.05, 0) is 30.3 Å². The second kappa shape index (κ2) is 6.04. The highest BCUT2D eigenvalue weighted by Crippen LogP contribution is 2.20. The van der Waals surface area contributed by atoms with E-state index in [0.29, 0.717) is 11.3 Å². The van der Waals surface area contributed by atoms with Gasteiger partial charge in [-0.3, -0.25) is 9.59 Å². The average Bonchev–Trinajstić information content (AvgIpc) is 2.49. The van der Waals surface area contributed by atoms with Gasteiger partial charge in [-0.15, -0.1) is 0 Å². The summed E-state index contributed by atoms with van der Waals surface area (Å²) in [6.45, 7) is 0. The molecule has 0 bridgehead atoms. The summed E-state index contributed by atoms with van der Waals surface area (Å²) in [7, 11) is 1.68. The Kier molecular flexibility index (Phi) is 4.18. The van der Waals surface area contributed by atoms with E-state index < -0.39 is 17.6 Å². The number of nitrogens with one attached hydrogen (secondary N) is 2. The van der Waals surface area contributed by atoms with Crippen LogP contribution >= 0.6 is 0 Å². The molecule has 6 heteroatoms. The van der Waals surface area contributed by atoms with Crippen molar-refractivity contribution in [1.82, 2.24) is 0 Å². The van der Waals surface area contributed by atoms with E-state index in [1.807, 2.05) is 0 Å². The van der Waals surface area contributed by atoms with Crippen molar-refractivity contribution >= 4 is 23.2 Å². The van der Waals surface area contributed by atoms with E-state index in [9.17, 15) is 14.0 Å². The van der Waals surface area contributed by atoms with Crippen molar-refractivity contribution in [2.45, 2.75) is 0 Å². The van der Waals surface area contributed by atoms with Crippen molar-refractivity contribution in [3.63, 3.8) is 0 Å². The lowest BCUT2D eigenvalue weighted by Crippen LogP contribution is -2.16. The number of carbonyl (C=O) groups excluding carboxylic acids is 2. The molecule has 21 heavy (non-hydrogen) atoms. The standard InChI is InChI=1S/C15H14FN3O2/c1-18-12-5-3-2-4-10(12)15(21)19-13-8-9(14(17)20)6-7-11(13)16/h2-8,18H,1H3,(H2,17,20)(H,19,21). The number of benzene rings is 2. The summed E-state index contributed by atoms with van der Waals surface area (Å²) in [6.07, 6.45) is 0. The second-order valence-electron chi connectivity index (χ2n) is 4.31. The van der Waals surface area contributed by atoms with Crippen LogP contribution in [-0.4, -0.2) is 18.9 Å². The maximum absolute atomic E-state index is 13.7. The largest absolute Gasteiger partial charge is 0.387 e. The van der Waals surface area contributed by atoms with Crippen molar-refractivity contribution in [3.05, 3.63) is 59.4 Å². The minimum atomic E-state index is -0.693. The fourth-order valence-corrected chi connectivity index (χ4v) is 1.86. The van der Waals surface area contributed by atoms with Crippen LogP contribution in [0, 0.1) is 5.82 Å². The number of hydrogen-bond donors (Lipinski definition) is 3. The lowest BCUT2D eigenvalue weighted by atomic mass is 10.1. The highest BCUT2D eigenvalue weighted by atomic mass is 19.1. The molecule has 108 valence electrons. The van der Waals surface area contributed by atoms with Crippen molar-refractivity contribution in [3.8, 4) is 0 Å². The number of para-hydroxylation sites is 1. The maximum atomic E-state index is 13.7. The first kappa shape index (κ1) is 14.5. The van der Waals surface area contributed by atoms with E-state index in [2.05, 4.69) is 10.6 Å². The lowest BCUT2D eigenvalue weighted by Gasteiger charge is -2.10. The third kappa shape index (κ3) is 3.17. The molecule has 2 aromatic carbocycles. The summed E-state index contributed by atoms with van der Waals surface area (Å²) >= 11 is 0. The van der Waals surface area contributed by atoms with Gasteiger partial charge in [-0.2, -0.15) is 0 Å². The van der Waals surface area contributed by atoms with Crippen LogP contribution in [0.4, 0.5) is 15.8 Å². The minimum absolute atomic E-state index is 0.0952. The van der Waals surface area contributed by atoms with Crippen molar-refractivity contribution in [1.29, 1.82) is 0 Å². The summed E-state index contributed by atoms with van der Waals surface area (Å²) < 4.78 is 13.7. The Morgan fingerprint density at radius 1 is 1.10 bits per heavy atom. The Bertz CT molecular complexity index is 701. The Morgan fingerprint density at radius 2 is 1.81 bits per heavy atom. The SMILES string of the molecule is CNc1ccccc1C(=O)Nc1cc(C(N)=O)ccc1F. The molecule has 0 heterocycles. The topological polar surface area (TPSA) is 84.2 Å². The molecule has 0 saturated carbocycles. The molecule has 0 atom stereocenters. The number of primary amides is 1. The Morgan fingerprint density at radius 3 is 2.48 bits per heavy atom. The maximum Gasteiger partial charge on any atom is 0.257 e. The number of carbonyl (C=O) groups is 2. The Labute approximate surface area is 121 Å². The highest BCUT2D eigenvalue weighted by molar-refractivity contribution is 6.08. The lowest BCUT2D eigenvalue weighted by molar-refractivity contribution is 0.0996. The third-order valence-electron chi connectivity index (χ3n) is 2.94. The summed E-state index contributed by atoms with van der Waals surface area (Å²) in [5, 5.41) is 5.31. The van der Waals surface area contributed by atoms with Crippen LogP contribution in [0.2, 0.25) is 0 Å². The molecule has 0 aliphatic rings. The molecule has 0 spiro atoms. The van der Waals surface area contributed by atoms with Crippen LogP contribution in [0.1, 0.15) is 20.7 Å². The summed E-state index contributed by atoms with van der Waals surface area (Å²) in [4.78, 5) is 23.3. The molecule has 4 N–H and O–H groups in total. The number of nitrogens with two attached hydrogens (primary N) is 1. The van der Waals surface area contributed by atoms with Gasteiger partial charge in [0.05, 0.1) is 11.3 Å². The molecule has 5 nitrogen and oxygen atoms in total. The van der Waals surface area contributed by atoms with Crippen LogP contribution in [0.3, 0.4) is 0 Å². The number of halogens is 1. The monoisotopic (exact) mass is 287 g/mol.